The number of rotatable bonds is 2. The molecule has 0 atom stereocenters. The zero-order valence-electron chi connectivity index (χ0n) is 9.14. The average molecular weight is 195 g/mol. The Kier molecular flexibility index (Phi) is 3.28. The van der Waals surface area contributed by atoms with Crippen LogP contribution >= 0.6 is 0 Å². The lowest BCUT2D eigenvalue weighted by Gasteiger charge is -2.30. The predicted octanol–water partition coefficient (Wildman–Crippen LogP) is 1.97. The standard InChI is InChI=1S/C10H17N3O/c1-8(2)13(9(3)4)10(14)12-7-5-6-11-12/h5-9H,1-4H3. The Morgan fingerprint density at radius 3 is 2.21 bits per heavy atom. The molecule has 0 aromatic carbocycles. The van der Waals surface area contributed by atoms with Crippen molar-refractivity contribution in [1.82, 2.24) is 14.7 Å². The molecule has 0 fully saturated rings. The summed E-state index contributed by atoms with van der Waals surface area (Å²) in [5.74, 6) is 0. The van der Waals surface area contributed by atoms with Gasteiger partial charge in [0.1, 0.15) is 0 Å². The molecule has 1 heterocycles. The van der Waals surface area contributed by atoms with Crippen LogP contribution in [0, 0.1) is 0 Å². The van der Waals surface area contributed by atoms with Crippen LogP contribution in [-0.2, 0) is 0 Å². The molecule has 0 unspecified atom stereocenters. The number of aromatic nitrogens is 2. The highest BCUT2D eigenvalue weighted by atomic mass is 16.2. The molecule has 0 aliphatic heterocycles. The molecule has 1 rings (SSSR count). The molecule has 0 saturated heterocycles. The van der Waals surface area contributed by atoms with Gasteiger partial charge in [-0.15, -0.1) is 0 Å². The maximum absolute atomic E-state index is 11.9. The lowest BCUT2D eigenvalue weighted by atomic mass is 10.2. The van der Waals surface area contributed by atoms with Crippen molar-refractivity contribution in [2.24, 2.45) is 0 Å². The van der Waals surface area contributed by atoms with Gasteiger partial charge in [-0.1, -0.05) is 0 Å². The fourth-order valence-electron chi connectivity index (χ4n) is 1.54. The third-order valence-corrected chi connectivity index (χ3v) is 2.03. The van der Waals surface area contributed by atoms with Crippen LogP contribution < -0.4 is 0 Å². The highest BCUT2D eigenvalue weighted by Gasteiger charge is 2.21. The Bertz CT molecular complexity index is 282. The quantitative estimate of drug-likeness (QED) is 0.723. The van der Waals surface area contributed by atoms with Crippen LogP contribution in [0.4, 0.5) is 4.79 Å². The van der Waals surface area contributed by atoms with Gasteiger partial charge in [0.2, 0.25) is 0 Å². The van der Waals surface area contributed by atoms with E-state index in [9.17, 15) is 4.79 Å². The number of nitrogens with zero attached hydrogens (tertiary/aromatic N) is 3. The molecule has 1 aromatic heterocycles. The van der Waals surface area contributed by atoms with E-state index in [1.54, 1.807) is 23.4 Å². The van der Waals surface area contributed by atoms with Crippen LogP contribution in [0.2, 0.25) is 0 Å². The van der Waals surface area contributed by atoms with Crippen molar-refractivity contribution in [2.45, 2.75) is 39.8 Å². The van der Waals surface area contributed by atoms with E-state index in [0.717, 1.165) is 0 Å². The van der Waals surface area contributed by atoms with Crippen molar-refractivity contribution in [1.29, 1.82) is 0 Å². The first-order valence-electron chi connectivity index (χ1n) is 4.86. The zero-order chi connectivity index (χ0) is 10.7. The van der Waals surface area contributed by atoms with Crippen LogP contribution in [-0.4, -0.2) is 32.8 Å². The summed E-state index contributed by atoms with van der Waals surface area (Å²) in [5.41, 5.74) is 0. The molecule has 0 aliphatic carbocycles. The third-order valence-electron chi connectivity index (χ3n) is 2.03. The lowest BCUT2D eigenvalue weighted by molar-refractivity contribution is 0.163. The van der Waals surface area contributed by atoms with E-state index in [0.29, 0.717) is 0 Å². The first-order chi connectivity index (χ1) is 6.54. The average Bonchev–Trinajstić information content (AvgIpc) is 2.53. The summed E-state index contributed by atoms with van der Waals surface area (Å²) in [7, 11) is 0. The zero-order valence-corrected chi connectivity index (χ0v) is 9.14. The van der Waals surface area contributed by atoms with Gasteiger partial charge in [0, 0.05) is 24.5 Å². The van der Waals surface area contributed by atoms with Crippen molar-refractivity contribution in [3.8, 4) is 0 Å². The van der Waals surface area contributed by atoms with Crippen LogP contribution in [0.15, 0.2) is 18.5 Å². The second kappa shape index (κ2) is 4.26. The third kappa shape index (κ3) is 2.13. The summed E-state index contributed by atoms with van der Waals surface area (Å²) in [6.07, 6.45) is 3.27. The molecule has 0 spiro atoms. The highest BCUT2D eigenvalue weighted by Crippen LogP contribution is 2.07. The van der Waals surface area contributed by atoms with E-state index >= 15 is 0 Å². The topological polar surface area (TPSA) is 38.1 Å². The Labute approximate surface area is 84.5 Å². The van der Waals surface area contributed by atoms with E-state index in [1.165, 1.54) is 4.68 Å². The minimum Gasteiger partial charge on any atom is -0.318 e. The van der Waals surface area contributed by atoms with Crippen LogP contribution in [0.25, 0.3) is 0 Å². The molecular formula is C10H17N3O. The molecule has 0 radical (unpaired) electrons. The highest BCUT2D eigenvalue weighted by molar-refractivity contribution is 5.76. The molecule has 0 aliphatic rings. The van der Waals surface area contributed by atoms with Gasteiger partial charge in [-0.3, -0.25) is 0 Å². The maximum atomic E-state index is 11.9. The first kappa shape index (κ1) is 10.8. The number of hydrogen-bond acceptors (Lipinski definition) is 2. The largest absolute Gasteiger partial charge is 0.345 e. The summed E-state index contributed by atoms with van der Waals surface area (Å²) in [5, 5.41) is 3.93. The van der Waals surface area contributed by atoms with Gasteiger partial charge < -0.3 is 4.90 Å². The van der Waals surface area contributed by atoms with E-state index in [1.807, 2.05) is 27.7 Å². The van der Waals surface area contributed by atoms with Gasteiger partial charge >= 0.3 is 6.03 Å². The van der Waals surface area contributed by atoms with E-state index in [-0.39, 0.29) is 18.1 Å². The summed E-state index contributed by atoms with van der Waals surface area (Å²) in [4.78, 5) is 13.7. The summed E-state index contributed by atoms with van der Waals surface area (Å²) >= 11 is 0. The molecule has 1 amide bonds. The molecule has 78 valence electrons. The van der Waals surface area contributed by atoms with Crippen molar-refractivity contribution in [3.63, 3.8) is 0 Å². The molecule has 0 bridgehead atoms. The lowest BCUT2D eigenvalue weighted by Crippen LogP contribution is -2.44. The Hall–Kier alpha value is -1.32. The van der Waals surface area contributed by atoms with E-state index < -0.39 is 0 Å². The van der Waals surface area contributed by atoms with Crippen LogP contribution in [0.1, 0.15) is 27.7 Å². The van der Waals surface area contributed by atoms with Gasteiger partial charge in [-0.05, 0) is 33.8 Å². The monoisotopic (exact) mass is 195 g/mol. The van der Waals surface area contributed by atoms with Gasteiger partial charge in [-0.2, -0.15) is 9.78 Å². The van der Waals surface area contributed by atoms with Crippen molar-refractivity contribution >= 4 is 6.03 Å². The van der Waals surface area contributed by atoms with Crippen molar-refractivity contribution in [2.75, 3.05) is 0 Å². The second-order valence-electron chi connectivity index (χ2n) is 3.83. The SMILES string of the molecule is CC(C)N(C(=O)n1cccn1)C(C)C. The number of amides is 1. The minimum atomic E-state index is -0.0694. The summed E-state index contributed by atoms with van der Waals surface area (Å²) in [6.45, 7) is 8.01. The summed E-state index contributed by atoms with van der Waals surface area (Å²) in [6, 6.07) is 2.05. The fraction of sp³-hybridized carbons (Fsp3) is 0.600. The molecule has 0 saturated carbocycles. The number of carbonyl (C=O) groups is 1. The predicted molar refractivity (Wildman–Crippen MR) is 55.1 cm³/mol. The Balaban J connectivity index is 2.85. The van der Waals surface area contributed by atoms with Crippen LogP contribution in [0.3, 0.4) is 0 Å². The smallest absolute Gasteiger partial charge is 0.318 e. The Morgan fingerprint density at radius 2 is 1.86 bits per heavy atom. The van der Waals surface area contributed by atoms with Crippen molar-refractivity contribution < 1.29 is 4.79 Å². The van der Waals surface area contributed by atoms with Crippen molar-refractivity contribution in [3.05, 3.63) is 18.5 Å². The fourth-order valence-corrected chi connectivity index (χ4v) is 1.54. The van der Waals surface area contributed by atoms with E-state index in [4.69, 9.17) is 0 Å². The molecule has 4 heteroatoms. The molecule has 14 heavy (non-hydrogen) atoms. The molecule has 0 N–H and O–H groups in total. The van der Waals surface area contributed by atoms with Gasteiger partial charge in [0.05, 0.1) is 0 Å². The van der Waals surface area contributed by atoms with Gasteiger partial charge in [0.15, 0.2) is 0 Å². The number of hydrogen-bond donors (Lipinski definition) is 0. The Morgan fingerprint density at radius 1 is 1.29 bits per heavy atom. The van der Waals surface area contributed by atoms with E-state index in [2.05, 4.69) is 5.10 Å². The summed E-state index contributed by atoms with van der Waals surface area (Å²) < 4.78 is 1.36. The van der Waals surface area contributed by atoms with Gasteiger partial charge in [0.25, 0.3) is 0 Å². The first-order valence-corrected chi connectivity index (χ1v) is 4.86. The van der Waals surface area contributed by atoms with Gasteiger partial charge in [-0.25, -0.2) is 4.79 Å². The normalized spacial score (nSPS) is 11.0. The van der Waals surface area contributed by atoms with Crippen LogP contribution in [0.5, 0.6) is 0 Å². The molecule has 1 aromatic rings. The number of carbonyl (C=O) groups excluding carboxylic acids is 1. The maximum Gasteiger partial charge on any atom is 0.345 e. The molecule has 4 nitrogen and oxygen atoms in total. The second-order valence-corrected chi connectivity index (χ2v) is 3.83. The molecular weight excluding hydrogens is 178 g/mol. The minimum absolute atomic E-state index is 0.0694.